The molecule has 1 aromatic rings. The van der Waals surface area contributed by atoms with E-state index in [1.807, 2.05) is 24.3 Å². The van der Waals surface area contributed by atoms with Crippen LogP contribution in [0.2, 0.25) is 0 Å². The normalized spacial score (nSPS) is 15.1. The van der Waals surface area contributed by atoms with Crippen LogP contribution in [-0.4, -0.2) is 54.1 Å². The number of nitrogens with zero attached hydrogens (tertiary/aromatic N) is 1. The molecule has 7 heteroatoms. The Morgan fingerprint density at radius 2 is 1.70 bits per heavy atom. The zero-order valence-electron chi connectivity index (χ0n) is 18.8. The molecule has 166 valence electrons. The number of hydrogen-bond acceptors (Lipinski definition) is 4. The second kappa shape index (κ2) is 10.5. The van der Waals surface area contributed by atoms with E-state index in [4.69, 9.17) is 4.74 Å². The molecule has 30 heavy (non-hydrogen) atoms. The molecule has 0 spiro atoms. The predicted octanol–water partition coefficient (Wildman–Crippen LogP) is 3.45. The Balaban J connectivity index is 1.70. The standard InChI is InChI=1S/C23H35N3O4/c1-16(2)17-6-8-18(9-7-17)21(28)25-19-11-14-26(15-12-19)20(27)10-13-24-22(29)30-23(3,4)5/h6-9,16,19H,10-15H2,1-5H3,(H,24,29)(H,25,28). The largest absolute Gasteiger partial charge is 0.444 e. The molecule has 1 fully saturated rings. The molecule has 0 saturated carbocycles. The van der Waals surface area contributed by atoms with Crippen LogP contribution in [0.3, 0.4) is 0 Å². The lowest BCUT2D eigenvalue weighted by Crippen LogP contribution is -2.47. The summed E-state index contributed by atoms with van der Waals surface area (Å²) >= 11 is 0. The van der Waals surface area contributed by atoms with Crippen LogP contribution in [0.4, 0.5) is 4.79 Å². The summed E-state index contributed by atoms with van der Waals surface area (Å²) in [5, 5.41) is 5.68. The highest BCUT2D eigenvalue weighted by Gasteiger charge is 2.24. The van der Waals surface area contributed by atoms with E-state index in [-0.39, 0.29) is 30.8 Å². The molecule has 3 amide bonds. The van der Waals surface area contributed by atoms with Gasteiger partial charge in [0.1, 0.15) is 5.60 Å². The summed E-state index contributed by atoms with van der Waals surface area (Å²) in [7, 11) is 0. The van der Waals surface area contributed by atoms with Crippen LogP contribution in [0.5, 0.6) is 0 Å². The fourth-order valence-electron chi connectivity index (χ4n) is 3.31. The van der Waals surface area contributed by atoms with Crippen LogP contribution in [0, 0.1) is 0 Å². The van der Waals surface area contributed by atoms with E-state index < -0.39 is 11.7 Å². The van der Waals surface area contributed by atoms with Gasteiger partial charge in [-0.05, 0) is 57.2 Å². The van der Waals surface area contributed by atoms with E-state index in [9.17, 15) is 14.4 Å². The first-order chi connectivity index (χ1) is 14.0. The highest BCUT2D eigenvalue weighted by molar-refractivity contribution is 5.94. The van der Waals surface area contributed by atoms with Crippen LogP contribution < -0.4 is 10.6 Å². The maximum atomic E-state index is 12.5. The molecule has 1 heterocycles. The predicted molar refractivity (Wildman–Crippen MR) is 116 cm³/mol. The lowest BCUT2D eigenvalue weighted by molar-refractivity contribution is -0.132. The molecule has 1 aromatic carbocycles. The average molecular weight is 418 g/mol. The van der Waals surface area contributed by atoms with Crippen molar-refractivity contribution in [2.75, 3.05) is 19.6 Å². The van der Waals surface area contributed by atoms with Crippen molar-refractivity contribution in [2.45, 2.75) is 71.4 Å². The molecule has 0 aromatic heterocycles. The van der Waals surface area contributed by atoms with E-state index >= 15 is 0 Å². The summed E-state index contributed by atoms with van der Waals surface area (Å²) < 4.78 is 5.16. The molecule has 1 aliphatic heterocycles. The van der Waals surface area contributed by atoms with Crippen molar-refractivity contribution in [1.29, 1.82) is 0 Å². The molecular formula is C23H35N3O4. The number of rotatable bonds is 6. The number of alkyl carbamates (subject to hydrolysis) is 1. The second-order valence-corrected chi connectivity index (χ2v) is 9.08. The molecule has 2 rings (SSSR count). The van der Waals surface area contributed by atoms with Crippen molar-refractivity contribution < 1.29 is 19.1 Å². The summed E-state index contributed by atoms with van der Waals surface area (Å²) in [6.07, 6.45) is 1.17. The number of benzene rings is 1. The second-order valence-electron chi connectivity index (χ2n) is 9.08. The van der Waals surface area contributed by atoms with Gasteiger partial charge >= 0.3 is 6.09 Å². The summed E-state index contributed by atoms with van der Waals surface area (Å²) in [6.45, 7) is 11.1. The quantitative estimate of drug-likeness (QED) is 0.742. The fourth-order valence-corrected chi connectivity index (χ4v) is 3.31. The molecule has 0 unspecified atom stereocenters. The average Bonchev–Trinajstić information content (AvgIpc) is 2.67. The van der Waals surface area contributed by atoms with Gasteiger partial charge in [0.05, 0.1) is 0 Å². The summed E-state index contributed by atoms with van der Waals surface area (Å²) in [4.78, 5) is 38.2. The zero-order valence-corrected chi connectivity index (χ0v) is 18.8. The lowest BCUT2D eigenvalue weighted by Gasteiger charge is -2.32. The van der Waals surface area contributed by atoms with Crippen LogP contribution in [0.15, 0.2) is 24.3 Å². The number of piperidine rings is 1. The third-order valence-electron chi connectivity index (χ3n) is 5.03. The number of carbonyl (C=O) groups excluding carboxylic acids is 3. The number of hydrogen-bond donors (Lipinski definition) is 2. The van der Waals surface area contributed by atoms with Crippen molar-refractivity contribution in [2.24, 2.45) is 0 Å². The molecular weight excluding hydrogens is 382 g/mol. The molecule has 0 atom stereocenters. The van der Waals surface area contributed by atoms with Crippen LogP contribution >= 0.6 is 0 Å². The van der Waals surface area contributed by atoms with Crippen LogP contribution in [0.25, 0.3) is 0 Å². The molecule has 0 radical (unpaired) electrons. The van der Waals surface area contributed by atoms with E-state index in [1.54, 1.807) is 25.7 Å². The van der Waals surface area contributed by atoms with Gasteiger partial charge in [-0.3, -0.25) is 9.59 Å². The van der Waals surface area contributed by atoms with Gasteiger partial charge in [-0.1, -0.05) is 26.0 Å². The van der Waals surface area contributed by atoms with Gasteiger partial charge in [-0.2, -0.15) is 0 Å². The zero-order chi connectivity index (χ0) is 22.3. The smallest absolute Gasteiger partial charge is 0.407 e. The third kappa shape index (κ3) is 7.69. The Hall–Kier alpha value is -2.57. The minimum Gasteiger partial charge on any atom is -0.444 e. The van der Waals surface area contributed by atoms with E-state index in [0.717, 1.165) is 12.8 Å². The van der Waals surface area contributed by atoms with Crippen molar-refractivity contribution >= 4 is 17.9 Å². The number of likely N-dealkylation sites (tertiary alicyclic amines) is 1. The Labute approximate surface area is 179 Å². The first-order valence-corrected chi connectivity index (χ1v) is 10.7. The topological polar surface area (TPSA) is 87.7 Å². The van der Waals surface area contributed by atoms with Gasteiger partial charge in [0, 0.05) is 37.7 Å². The molecule has 0 aliphatic carbocycles. The summed E-state index contributed by atoms with van der Waals surface area (Å²) in [5.74, 6) is 0.361. The number of ether oxygens (including phenoxy) is 1. The van der Waals surface area contributed by atoms with E-state index in [0.29, 0.717) is 24.6 Å². The van der Waals surface area contributed by atoms with Gasteiger partial charge in [-0.15, -0.1) is 0 Å². The summed E-state index contributed by atoms with van der Waals surface area (Å²) in [5.41, 5.74) is 1.31. The Morgan fingerprint density at radius 3 is 2.23 bits per heavy atom. The third-order valence-corrected chi connectivity index (χ3v) is 5.03. The monoisotopic (exact) mass is 417 g/mol. The Bertz CT molecular complexity index is 730. The van der Waals surface area contributed by atoms with Crippen molar-refractivity contribution in [3.05, 3.63) is 35.4 Å². The number of amides is 3. The Morgan fingerprint density at radius 1 is 1.10 bits per heavy atom. The number of nitrogens with one attached hydrogen (secondary N) is 2. The minimum atomic E-state index is -0.559. The van der Waals surface area contributed by atoms with E-state index in [1.165, 1.54) is 5.56 Å². The molecule has 7 nitrogen and oxygen atoms in total. The maximum absolute atomic E-state index is 12.5. The van der Waals surface area contributed by atoms with Crippen molar-refractivity contribution in [3.8, 4) is 0 Å². The highest BCUT2D eigenvalue weighted by atomic mass is 16.6. The molecule has 2 N–H and O–H groups in total. The van der Waals surface area contributed by atoms with Gasteiger partial charge in [0.2, 0.25) is 5.91 Å². The first-order valence-electron chi connectivity index (χ1n) is 10.7. The lowest BCUT2D eigenvalue weighted by atomic mass is 10.0. The van der Waals surface area contributed by atoms with Crippen LogP contribution in [-0.2, 0) is 9.53 Å². The molecule has 1 saturated heterocycles. The van der Waals surface area contributed by atoms with Crippen LogP contribution in [0.1, 0.15) is 75.7 Å². The molecule has 0 bridgehead atoms. The first kappa shape index (κ1) is 23.7. The minimum absolute atomic E-state index is 0.000101. The highest BCUT2D eigenvalue weighted by Crippen LogP contribution is 2.16. The van der Waals surface area contributed by atoms with E-state index in [2.05, 4.69) is 24.5 Å². The van der Waals surface area contributed by atoms with Gasteiger partial charge in [0.15, 0.2) is 0 Å². The molecule has 1 aliphatic rings. The summed E-state index contributed by atoms with van der Waals surface area (Å²) in [6, 6.07) is 7.77. The maximum Gasteiger partial charge on any atom is 0.407 e. The van der Waals surface area contributed by atoms with Gasteiger partial charge in [0.25, 0.3) is 5.91 Å². The van der Waals surface area contributed by atoms with Gasteiger partial charge < -0.3 is 20.3 Å². The number of carbonyl (C=O) groups is 3. The SMILES string of the molecule is CC(C)c1ccc(C(=O)NC2CCN(C(=O)CCNC(=O)OC(C)(C)C)CC2)cc1. The van der Waals surface area contributed by atoms with Gasteiger partial charge in [-0.25, -0.2) is 4.79 Å². The van der Waals surface area contributed by atoms with Crippen molar-refractivity contribution in [1.82, 2.24) is 15.5 Å². The van der Waals surface area contributed by atoms with Crippen molar-refractivity contribution in [3.63, 3.8) is 0 Å². The fraction of sp³-hybridized carbons (Fsp3) is 0.609. The Kier molecular flexibility index (Phi) is 8.26.